The number of carboxylic acids is 1. The van der Waals surface area contributed by atoms with Crippen LogP contribution in [-0.4, -0.2) is 59.0 Å². The molecule has 2 aliphatic rings. The van der Waals surface area contributed by atoms with Crippen molar-refractivity contribution in [1.82, 2.24) is 10.2 Å². The molecule has 0 aliphatic carbocycles. The van der Waals surface area contributed by atoms with E-state index in [0.717, 1.165) is 28.8 Å². The summed E-state index contributed by atoms with van der Waals surface area (Å²) >= 11 is 1.16. The van der Waals surface area contributed by atoms with E-state index in [0.29, 0.717) is 0 Å². The van der Waals surface area contributed by atoms with Gasteiger partial charge in [-0.25, -0.2) is 0 Å². The zero-order chi connectivity index (χ0) is 24.2. The number of carbonyl (C=O) groups is 3. The van der Waals surface area contributed by atoms with Crippen LogP contribution in [0, 0.1) is 0 Å². The summed E-state index contributed by atoms with van der Waals surface area (Å²) in [6, 6.07) is 1.20. The molecule has 27 heavy (non-hydrogen) atoms. The predicted molar refractivity (Wildman–Crippen MR) is 91.9 cm³/mol. The van der Waals surface area contributed by atoms with Gasteiger partial charge in [0.25, 0.3) is 5.91 Å². The quantitative estimate of drug-likeness (QED) is 0.400. The van der Waals surface area contributed by atoms with Gasteiger partial charge in [-0.05, 0) is 26.0 Å². The molecule has 2 amide bonds. The molecule has 2 heterocycles. The Labute approximate surface area is 191 Å². The van der Waals surface area contributed by atoms with Crippen molar-refractivity contribution < 1.29 is 66.7 Å². The Hall–Kier alpha value is -1.42. The molecular weight excluding hydrogens is 383 g/mol. The van der Waals surface area contributed by atoms with Crippen LogP contribution in [0.2, 0.25) is 0 Å². The fourth-order valence-electron chi connectivity index (χ4n) is 3.24. The van der Waals surface area contributed by atoms with Gasteiger partial charge in [-0.15, -0.1) is 11.8 Å². The number of hydrogen-bond donors (Lipinski definition) is 1. The van der Waals surface area contributed by atoms with E-state index in [1.807, 2.05) is 0 Å². The van der Waals surface area contributed by atoms with Gasteiger partial charge in [0, 0.05) is 4.75 Å². The van der Waals surface area contributed by atoms with Crippen molar-refractivity contribution in [1.29, 1.82) is 0 Å². The number of aliphatic carboxylic acids is 1. The van der Waals surface area contributed by atoms with E-state index in [1.54, 1.807) is 13.8 Å². The van der Waals surface area contributed by atoms with Crippen molar-refractivity contribution in [3.8, 4) is 11.5 Å². The molecule has 0 aromatic heterocycles. The number of carboxylic acid groups (broad SMARTS) is 1. The Morgan fingerprint density at radius 2 is 1.89 bits per heavy atom. The number of carbonyl (C=O) groups excluding carboxylic acids is 3. The van der Waals surface area contributed by atoms with Crippen LogP contribution in [0.3, 0.4) is 0 Å². The van der Waals surface area contributed by atoms with Crippen LogP contribution in [-0.2, 0) is 9.59 Å². The maximum Gasteiger partial charge on any atom is 1.00 e. The van der Waals surface area contributed by atoms with E-state index in [4.69, 9.17) is 17.7 Å². The van der Waals surface area contributed by atoms with E-state index >= 15 is 0 Å². The van der Waals surface area contributed by atoms with Crippen molar-refractivity contribution in [2.75, 3.05) is 14.1 Å². The van der Waals surface area contributed by atoms with Gasteiger partial charge in [0.15, 0.2) is 0 Å². The normalized spacial score (nSPS) is 29.2. The number of nitrogens with zero attached hydrogens (tertiary/aromatic N) is 1. The summed E-state index contributed by atoms with van der Waals surface area (Å²) in [4.78, 5) is 38.2. The minimum Gasteiger partial charge on any atom is -0.548 e. The Balaban J connectivity index is 0.00000385. The third-order valence-corrected chi connectivity index (χ3v) is 5.96. The first-order valence-corrected chi connectivity index (χ1v) is 8.42. The Morgan fingerprint density at radius 3 is 2.41 bits per heavy atom. The summed E-state index contributed by atoms with van der Waals surface area (Å²) in [6.07, 6.45) is 0. The molecule has 0 unspecified atom stereocenters. The van der Waals surface area contributed by atoms with Crippen molar-refractivity contribution in [2.45, 2.75) is 36.1 Å². The molecule has 2 fully saturated rings. The number of methoxy groups -OCH3 is 2. The minimum absolute atomic E-state index is 0. The summed E-state index contributed by atoms with van der Waals surface area (Å²) in [7, 11) is -5.91. The molecule has 2 saturated heterocycles. The Kier molecular flexibility index (Phi) is 4.26. The predicted octanol–water partition coefficient (Wildman–Crippen LogP) is -3.38. The van der Waals surface area contributed by atoms with Gasteiger partial charge in [-0.3, -0.25) is 9.59 Å². The fraction of sp³-hybridized carbons (Fsp3) is 0.471. The summed E-state index contributed by atoms with van der Waals surface area (Å²) in [5, 5.41) is 13.2. The minimum atomic E-state index is -2.95. The number of fused-ring (bicyclic) bond motifs is 1. The monoisotopic (exact) mass is 408 g/mol. The number of nitrogens with one attached hydrogen (secondary N) is 1. The smallest absolute Gasteiger partial charge is 0.548 e. The third-order valence-electron chi connectivity index (χ3n) is 4.39. The van der Waals surface area contributed by atoms with Gasteiger partial charge in [0.05, 0.1) is 34.3 Å². The zero-order valence-electron chi connectivity index (χ0n) is 20.8. The first-order chi connectivity index (χ1) is 14.5. The van der Waals surface area contributed by atoms with Crippen LogP contribution in [0.5, 0.6) is 11.5 Å². The standard InChI is InChI=1S/C17H20N2O6S.Na/c1-17(2)12(16(22)23)19-14(21)11(15(19)26-17)18-13(20)10-8(24-3)6-5-7-9(10)25-4;/h5-7,11-12,15H,1-4H3,(H,18,20)(H,22,23);/q;+1/p-1/t11-,12+,15-;/m0./s1/i3D3,4D3;. The summed E-state index contributed by atoms with van der Waals surface area (Å²) in [5.41, 5.74) is -0.523. The average molecular weight is 408 g/mol. The molecule has 3 rings (SSSR count). The number of β-lactam (4-membered cyclic amide) rings is 1. The Morgan fingerprint density at radius 1 is 1.30 bits per heavy atom. The molecule has 1 aromatic carbocycles. The topological polar surface area (TPSA) is 108 Å². The van der Waals surface area contributed by atoms with Crippen LogP contribution < -0.4 is 49.5 Å². The van der Waals surface area contributed by atoms with E-state index in [-0.39, 0.29) is 29.6 Å². The number of benzene rings is 1. The van der Waals surface area contributed by atoms with Gasteiger partial charge < -0.3 is 29.6 Å². The van der Waals surface area contributed by atoms with Crippen molar-refractivity contribution in [2.24, 2.45) is 0 Å². The van der Waals surface area contributed by atoms with E-state index in [2.05, 4.69) is 5.32 Å². The number of rotatable bonds is 5. The van der Waals surface area contributed by atoms with Crippen molar-refractivity contribution in [3.05, 3.63) is 23.8 Å². The second-order valence-corrected chi connectivity index (χ2v) is 8.13. The molecule has 2 aliphatic heterocycles. The molecule has 3 atom stereocenters. The molecule has 0 saturated carbocycles. The molecule has 0 spiro atoms. The maximum absolute atomic E-state index is 13.0. The average Bonchev–Trinajstić information content (AvgIpc) is 2.85. The molecule has 8 nitrogen and oxygen atoms in total. The molecule has 140 valence electrons. The van der Waals surface area contributed by atoms with Crippen LogP contribution in [0.25, 0.3) is 0 Å². The number of ether oxygens (including phenoxy) is 2. The molecule has 10 heteroatoms. The van der Waals surface area contributed by atoms with Crippen molar-refractivity contribution in [3.63, 3.8) is 0 Å². The molecule has 0 bridgehead atoms. The van der Waals surface area contributed by atoms with Gasteiger partial charge in [0.2, 0.25) is 5.91 Å². The number of hydrogen-bond acceptors (Lipinski definition) is 7. The van der Waals surface area contributed by atoms with Gasteiger partial charge in [-0.1, -0.05) is 6.07 Å². The Bertz CT molecular complexity index is 938. The van der Waals surface area contributed by atoms with Crippen LogP contribution in [0.1, 0.15) is 32.4 Å². The summed E-state index contributed by atoms with van der Waals surface area (Å²) < 4.78 is 52.5. The summed E-state index contributed by atoms with van der Waals surface area (Å²) in [6.45, 7) is 3.26. The first-order valence-electron chi connectivity index (χ1n) is 10.5. The van der Waals surface area contributed by atoms with Gasteiger partial charge >= 0.3 is 29.6 Å². The van der Waals surface area contributed by atoms with E-state index in [9.17, 15) is 19.5 Å². The van der Waals surface area contributed by atoms with Crippen LogP contribution in [0.4, 0.5) is 0 Å². The summed E-state index contributed by atoms with van der Waals surface area (Å²) in [5.74, 6) is -4.05. The molecule has 1 aromatic rings. The number of thioether (sulfide) groups is 1. The molecule has 0 radical (unpaired) electrons. The van der Waals surface area contributed by atoms with E-state index in [1.165, 1.54) is 6.07 Å². The van der Waals surface area contributed by atoms with Crippen molar-refractivity contribution >= 4 is 29.5 Å². The van der Waals surface area contributed by atoms with Gasteiger partial charge in [0.1, 0.15) is 28.5 Å². The first kappa shape index (κ1) is 14.6. The van der Waals surface area contributed by atoms with Crippen LogP contribution in [0.15, 0.2) is 18.2 Å². The van der Waals surface area contributed by atoms with Crippen LogP contribution >= 0.6 is 11.8 Å². The SMILES string of the molecule is [2H]C([2H])([2H])Oc1cccc(OC([2H])([2H])[2H])c1C(=O)N[C@H]1C(=O)N2[C@H]1SC(C)(C)[C@H]2C(=O)[O-].[Na+]. The largest absolute Gasteiger partial charge is 1.00 e. The van der Waals surface area contributed by atoms with E-state index < -0.39 is 71.1 Å². The molecular formula is C17H19N2NaO6S. The maximum atomic E-state index is 13.0. The second-order valence-electron chi connectivity index (χ2n) is 6.36. The van der Waals surface area contributed by atoms with Gasteiger partial charge in [-0.2, -0.15) is 0 Å². The number of amides is 2. The fourth-order valence-corrected chi connectivity index (χ4v) is 4.87. The zero-order valence-corrected chi connectivity index (χ0v) is 17.6. The molecule has 1 N–H and O–H groups in total. The third kappa shape index (κ3) is 3.53. The second kappa shape index (κ2) is 7.90.